The van der Waals surface area contributed by atoms with Crippen LogP contribution in [-0.2, 0) is 6.54 Å². The fourth-order valence-electron chi connectivity index (χ4n) is 1.41. The van der Waals surface area contributed by atoms with Gasteiger partial charge in [0.1, 0.15) is 0 Å². The molecule has 16 heavy (non-hydrogen) atoms. The first-order valence-corrected chi connectivity index (χ1v) is 6.08. The van der Waals surface area contributed by atoms with Gasteiger partial charge in [-0.25, -0.2) is 4.98 Å². The van der Waals surface area contributed by atoms with Gasteiger partial charge in [-0.05, 0) is 13.0 Å². The lowest BCUT2D eigenvalue weighted by molar-refractivity contribution is 0.191. The van der Waals surface area contributed by atoms with Crippen molar-refractivity contribution in [1.82, 2.24) is 14.9 Å². The molecule has 86 valence electrons. The Hall–Kier alpha value is -1.17. The van der Waals surface area contributed by atoms with Crippen molar-refractivity contribution in [3.63, 3.8) is 0 Å². The van der Waals surface area contributed by atoms with Crippen LogP contribution in [0.5, 0.6) is 0 Å². The summed E-state index contributed by atoms with van der Waals surface area (Å²) in [5, 5.41) is 14.4. The summed E-state index contributed by atoms with van der Waals surface area (Å²) in [7, 11) is 0. The predicted molar refractivity (Wildman–Crippen MR) is 64.8 cm³/mol. The normalized spacial score (nSPS) is 12.9. The Balaban J connectivity index is 1.93. The third-order valence-electron chi connectivity index (χ3n) is 2.18. The zero-order valence-electron chi connectivity index (χ0n) is 9.13. The van der Waals surface area contributed by atoms with Gasteiger partial charge in [-0.2, -0.15) is 0 Å². The summed E-state index contributed by atoms with van der Waals surface area (Å²) >= 11 is 1.71. The smallest absolute Gasteiger partial charge is 0.0991 e. The van der Waals surface area contributed by atoms with Gasteiger partial charge in [-0.1, -0.05) is 0 Å². The van der Waals surface area contributed by atoms with Crippen molar-refractivity contribution in [3.05, 3.63) is 35.0 Å². The lowest BCUT2D eigenvalue weighted by atomic mass is 10.4. The number of aliphatic hydroxyl groups is 1. The highest BCUT2D eigenvalue weighted by Crippen LogP contribution is 2.17. The molecule has 0 spiro atoms. The second-order valence-corrected chi connectivity index (χ2v) is 4.72. The minimum absolute atomic E-state index is 0.298. The zero-order chi connectivity index (χ0) is 11.4. The van der Waals surface area contributed by atoms with Crippen molar-refractivity contribution in [3.8, 4) is 5.69 Å². The van der Waals surface area contributed by atoms with E-state index < -0.39 is 0 Å². The molecule has 0 aliphatic carbocycles. The summed E-state index contributed by atoms with van der Waals surface area (Å²) in [6, 6.07) is 2.13. The van der Waals surface area contributed by atoms with Crippen LogP contribution < -0.4 is 5.32 Å². The van der Waals surface area contributed by atoms with E-state index in [1.54, 1.807) is 30.8 Å². The van der Waals surface area contributed by atoms with Crippen LogP contribution in [0.2, 0.25) is 0 Å². The average molecular weight is 237 g/mol. The Bertz CT molecular complexity index is 422. The number of rotatable bonds is 5. The summed E-state index contributed by atoms with van der Waals surface area (Å²) in [5.41, 5.74) is 1.14. The van der Waals surface area contributed by atoms with Gasteiger partial charge >= 0.3 is 0 Å². The number of nitrogens with one attached hydrogen (secondary N) is 1. The molecule has 0 bridgehead atoms. The van der Waals surface area contributed by atoms with Crippen LogP contribution in [0.3, 0.4) is 0 Å². The Kier molecular flexibility index (Phi) is 3.71. The SMILES string of the molecule is CC(O)CNCc1cc(-n2ccnc2)cs1. The van der Waals surface area contributed by atoms with Crippen molar-refractivity contribution in [1.29, 1.82) is 0 Å². The average Bonchev–Trinajstić information content (AvgIpc) is 2.85. The van der Waals surface area contributed by atoms with Crippen molar-refractivity contribution < 1.29 is 5.11 Å². The molecular weight excluding hydrogens is 222 g/mol. The molecule has 0 amide bonds. The van der Waals surface area contributed by atoms with E-state index in [-0.39, 0.29) is 6.10 Å². The van der Waals surface area contributed by atoms with Gasteiger partial charge in [0.05, 0.1) is 18.1 Å². The highest BCUT2D eigenvalue weighted by molar-refractivity contribution is 7.10. The maximum Gasteiger partial charge on any atom is 0.0991 e. The molecule has 5 heteroatoms. The first-order valence-electron chi connectivity index (χ1n) is 5.20. The number of hydrogen-bond acceptors (Lipinski definition) is 4. The van der Waals surface area contributed by atoms with Crippen molar-refractivity contribution >= 4 is 11.3 Å². The van der Waals surface area contributed by atoms with Crippen LogP contribution in [0.15, 0.2) is 30.2 Å². The Morgan fingerprint density at radius 1 is 1.62 bits per heavy atom. The molecule has 2 aromatic heterocycles. The molecule has 0 aliphatic rings. The molecule has 2 heterocycles. The number of hydrogen-bond donors (Lipinski definition) is 2. The van der Waals surface area contributed by atoms with Gasteiger partial charge in [0.15, 0.2) is 0 Å². The van der Waals surface area contributed by atoms with Gasteiger partial charge in [0.2, 0.25) is 0 Å². The topological polar surface area (TPSA) is 50.1 Å². The second-order valence-electron chi connectivity index (χ2n) is 3.72. The number of aromatic nitrogens is 2. The van der Waals surface area contributed by atoms with E-state index in [0.29, 0.717) is 6.54 Å². The molecule has 0 fully saturated rings. The monoisotopic (exact) mass is 237 g/mol. The fraction of sp³-hybridized carbons (Fsp3) is 0.364. The maximum absolute atomic E-state index is 9.11. The third kappa shape index (κ3) is 2.91. The quantitative estimate of drug-likeness (QED) is 0.826. The molecule has 0 saturated heterocycles. The molecule has 2 rings (SSSR count). The van der Waals surface area contributed by atoms with Crippen LogP contribution >= 0.6 is 11.3 Å². The molecule has 2 N–H and O–H groups in total. The summed E-state index contributed by atoms with van der Waals surface area (Å²) in [6.07, 6.45) is 5.18. The molecule has 1 unspecified atom stereocenters. The second kappa shape index (κ2) is 5.25. The van der Waals surface area contributed by atoms with Gasteiger partial charge in [-0.15, -0.1) is 11.3 Å². The highest BCUT2D eigenvalue weighted by atomic mass is 32.1. The van der Waals surface area contributed by atoms with Gasteiger partial charge in [0, 0.05) is 35.7 Å². The molecule has 0 saturated carbocycles. The molecule has 4 nitrogen and oxygen atoms in total. The first-order chi connectivity index (χ1) is 7.75. The van der Waals surface area contributed by atoms with Crippen molar-refractivity contribution in [2.75, 3.05) is 6.54 Å². The van der Waals surface area contributed by atoms with Gasteiger partial charge < -0.3 is 15.0 Å². The van der Waals surface area contributed by atoms with Crippen molar-refractivity contribution in [2.45, 2.75) is 19.6 Å². The van der Waals surface area contributed by atoms with E-state index in [1.807, 2.05) is 10.8 Å². The first kappa shape index (κ1) is 11.3. The lowest BCUT2D eigenvalue weighted by Crippen LogP contribution is -2.23. The number of thiophene rings is 1. The van der Waals surface area contributed by atoms with E-state index in [2.05, 4.69) is 21.7 Å². The van der Waals surface area contributed by atoms with E-state index >= 15 is 0 Å². The number of imidazole rings is 1. The Morgan fingerprint density at radius 3 is 3.19 bits per heavy atom. The summed E-state index contributed by atoms with van der Waals surface area (Å²) in [5.74, 6) is 0. The number of aliphatic hydroxyl groups excluding tert-OH is 1. The van der Waals surface area contributed by atoms with E-state index in [0.717, 1.165) is 12.2 Å². The molecule has 0 aliphatic heterocycles. The van der Waals surface area contributed by atoms with E-state index in [4.69, 9.17) is 5.11 Å². The summed E-state index contributed by atoms with van der Waals surface area (Å²) < 4.78 is 1.98. The summed E-state index contributed by atoms with van der Waals surface area (Å²) in [6.45, 7) is 3.20. The predicted octanol–water partition coefficient (Wildman–Crippen LogP) is 1.40. The maximum atomic E-state index is 9.11. The molecular formula is C11H15N3OS. The molecule has 2 aromatic rings. The Morgan fingerprint density at radius 2 is 2.50 bits per heavy atom. The third-order valence-corrected chi connectivity index (χ3v) is 3.11. The van der Waals surface area contributed by atoms with Gasteiger partial charge in [-0.3, -0.25) is 0 Å². The fourth-order valence-corrected chi connectivity index (χ4v) is 2.25. The van der Waals surface area contributed by atoms with Crippen LogP contribution in [0, 0.1) is 0 Å². The highest BCUT2D eigenvalue weighted by Gasteiger charge is 2.01. The minimum Gasteiger partial charge on any atom is -0.392 e. The van der Waals surface area contributed by atoms with E-state index in [1.165, 1.54) is 4.88 Å². The number of nitrogens with zero attached hydrogens (tertiary/aromatic N) is 2. The minimum atomic E-state index is -0.298. The van der Waals surface area contributed by atoms with Crippen LogP contribution in [0.25, 0.3) is 5.69 Å². The van der Waals surface area contributed by atoms with Crippen LogP contribution in [-0.4, -0.2) is 27.3 Å². The largest absolute Gasteiger partial charge is 0.392 e. The van der Waals surface area contributed by atoms with Crippen LogP contribution in [0.4, 0.5) is 0 Å². The van der Waals surface area contributed by atoms with E-state index in [9.17, 15) is 0 Å². The standard InChI is InChI=1S/C11H15N3OS/c1-9(15)5-13-6-11-4-10(7-16-11)14-3-2-12-8-14/h2-4,7-9,13,15H,5-6H2,1H3. The van der Waals surface area contributed by atoms with Crippen molar-refractivity contribution in [2.24, 2.45) is 0 Å². The molecule has 0 aromatic carbocycles. The molecule has 0 radical (unpaired) electrons. The zero-order valence-corrected chi connectivity index (χ0v) is 9.94. The molecule has 1 atom stereocenters. The summed E-state index contributed by atoms with van der Waals surface area (Å²) in [4.78, 5) is 5.27. The van der Waals surface area contributed by atoms with Crippen LogP contribution in [0.1, 0.15) is 11.8 Å². The Labute approximate surface area is 98.6 Å². The lowest BCUT2D eigenvalue weighted by Gasteiger charge is -2.04. The van der Waals surface area contributed by atoms with Gasteiger partial charge in [0.25, 0.3) is 0 Å².